The minimum Gasteiger partial charge on any atom is -0.497 e. The summed E-state index contributed by atoms with van der Waals surface area (Å²) in [7, 11) is 3.30. The van der Waals surface area contributed by atoms with Gasteiger partial charge in [-0.05, 0) is 52.9 Å². The maximum atomic E-state index is 13.2. The molecule has 0 fully saturated rings. The van der Waals surface area contributed by atoms with E-state index in [1.54, 1.807) is 26.4 Å². The van der Waals surface area contributed by atoms with Gasteiger partial charge in [-0.25, -0.2) is 4.39 Å². The van der Waals surface area contributed by atoms with Gasteiger partial charge >= 0.3 is 0 Å². The van der Waals surface area contributed by atoms with Crippen LogP contribution in [-0.4, -0.2) is 20.8 Å². The van der Waals surface area contributed by atoms with Crippen molar-refractivity contribution in [3.63, 3.8) is 0 Å². The van der Waals surface area contributed by atoms with E-state index in [0.717, 1.165) is 39.5 Å². The highest BCUT2D eigenvalue weighted by molar-refractivity contribution is 5.73. The van der Waals surface area contributed by atoms with E-state index in [1.807, 2.05) is 36.4 Å². The van der Waals surface area contributed by atoms with Gasteiger partial charge in [-0.2, -0.15) is 0 Å². The van der Waals surface area contributed by atoms with E-state index in [4.69, 9.17) is 14.2 Å². The summed E-state index contributed by atoms with van der Waals surface area (Å²) in [5, 5.41) is 3.43. The Kier molecular flexibility index (Phi) is 8.90. The van der Waals surface area contributed by atoms with E-state index >= 15 is 0 Å². The van der Waals surface area contributed by atoms with Crippen LogP contribution in [0.1, 0.15) is 36.1 Å². The molecule has 1 N–H and O–H groups in total. The Balaban J connectivity index is 1.76. The highest BCUT2D eigenvalue weighted by atomic mass is 19.1. The first kappa shape index (κ1) is 24.3. The van der Waals surface area contributed by atoms with Crippen molar-refractivity contribution in [1.29, 1.82) is 0 Å². The molecule has 0 heterocycles. The predicted octanol–water partition coefficient (Wildman–Crippen LogP) is 6.34. The van der Waals surface area contributed by atoms with Gasteiger partial charge in [0.15, 0.2) is 0 Å². The van der Waals surface area contributed by atoms with Crippen LogP contribution in [0.3, 0.4) is 0 Å². The SMILES string of the molecule is COc1cc(/C=C/c2ccc(OCC(C)C)cc2)c(CNCc2ccc(F)cc2)c(OC)c1. The quantitative estimate of drug-likeness (QED) is 0.347. The van der Waals surface area contributed by atoms with Crippen molar-refractivity contribution in [1.82, 2.24) is 5.32 Å². The average Bonchev–Trinajstić information content (AvgIpc) is 2.83. The van der Waals surface area contributed by atoms with Crippen molar-refractivity contribution >= 4 is 12.2 Å². The maximum Gasteiger partial charge on any atom is 0.127 e. The first-order chi connectivity index (χ1) is 16.0. The second-order valence-corrected chi connectivity index (χ2v) is 8.23. The molecule has 3 rings (SSSR count). The van der Waals surface area contributed by atoms with Gasteiger partial charge in [-0.3, -0.25) is 0 Å². The fourth-order valence-corrected chi connectivity index (χ4v) is 3.34. The highest BCUT2D eigenvalue weighted by Crippen LogP contribution is 2.30. The molecule has 4 nitrogen and oxygen atoms in total. The molecule has 0 aliphatic carbocycles. The molecule has 0 aliphatic heterocycles. The number of ether oxygens (including phenoxy) is 3. The Morgan fingerprint density at radius 2 is 1.58 bits per heavy atom. The third-order valence-electron chi connectivity index (χ3n) is 5.14. The number of rotatable bonds is 11. The van der Waals surface area contributed by atoms with Gasteiger partial charge in [0.2, 0.25) is 0 Å². The summed E-state index contributed by atoms with van der Waals surface area (Å²) in [6.45, 7) is 6.17. The summed E-state index contributed by atoms with van der Waals surface area (Å²) < 4.78 is 30.0. The summed E-state index contributed by atoms with van der Waals surface area (Å²) in [6, 6.07) is 18.4. The van der Waals surface area contributed by atoms with E-state index in [1.165, 1.54) is 12.1 Å². The van der Waals surface area contributed by atoms with Crippen LogP contribution < -0.4 is 19.5 Å². The molecule has 0 radical (unpaired) electrons. The zero-order valence-electron chi connectivity index (χ0n) is 19.7. The van der Waals surface area contributed by atoms with Gasteiger partial charge in [0.25, 0.3) is 0 Å². The average molecular weight is 450 g/mol. The minimum atomic E-state index is -0.234. The zero-order chi connectivity index (χ0) is 23.6. The van der Waals surface area contributed by atoms with Crippen LogP contribution in [0.15, 0.2) is 60.7 Å². The van der Waals surface area contributed by atoms with Crippen LogP contribution in [0.2, 0.25) is 0 Å². The number of hydrogen-bond acceptors (Lipinski definition) is 4. The zero-order valence-corrected chi connectivity index (χ0v) is 19.7. The molecule has 0 spiro atoms. The Labute approximate surface area is 196 Å². The molecule has 3 aromatic rings. The molecule has 0 bridgehead atoms. The molecular formula is C28H32FNO3. The van der Waals surface area contributed by atoms with E-state index in [0.29, 0.717) is 25.6 Å². The lowest BCUT2D eigenvalue weighted by Crippen LogP contribution is -2.14. The van der Waals surface area contributed by atoms with Crippen LogP contribution in [0.5, 0.6) is 17.2 Å². The van der Waals surface area contributed by atoms with Gasteiger partial charge in [-0.15, -0.1) is 0 Å². The Hall–Kier alpha value is -3.31. The summed E-state index contributed by atoms with van der Waals surface area (Å²) in [5.41, 5.74) is 4.10. The van der Waals surface area contributed by atoms with Crippen molar-refractivity contribution in [3.05, 3.63) is 88.7 Å². The van der Waals surface area contributed by atoms with Crippen LogP contribution >= 0.6 is 0 Å². The largest absolute Gasteiger partial charge is 0.497 e. The fourth-order valence-electron chi connectivity index (χ4n) is 3.34. The van der Waals surface area contributed by atoms with Crippen LogP contribution in [0.25, 0.3) is 12.2 Å². The van der Waals surface area contributed by atoms with Crippen molar-refractivity contribution in [2.24, 2.45) is 5.92 Å². The van der Waals surface area contributed by atoms with Gasteiger partial charge in [0.05, 0.1) is 20.8 Å². The summed E-state index contributed by atoms with van der Waals surface area (Å²) in [5.74, 6) is 2.60. The molecule has 3 aromatic carbocycles. The van der Waals surface area contributed by atoms with Crippen LogP contribution in [0.4, 0.5) is 4.39 Å². The molecule has 0 aromatic heterocycles. The van der Waals surface area contributed by atoms with E-state index in [9.17, 15) is 4.39 Å². The standard InChI is InChI=1S/C28H32FNO3/c1-20(2)19-33-25-13-8-21(9-14-25)5-10-23-15-26(31-3)16-28(32-4)27(23)18-30-17-22-6-11-24(29)12-7-22/h5-16,20,30H,17-19H2,1-4H3/b10-5+. The molecule has 174 valence electrons. The molecule has 0 saturated carbocycles. The highest BCUT2D eigenvalue weighted by Gasteiger charge is 2.11. The number of nitrogens with one attached hydrogen (secondary N) is 1. The second kappa shape index (κ2) is 12.1. The topological polar surface area (TPSA) is 39.7 Å². The normalized spacial score (nSPS) is 11.2. The summed E-state index contributed by atoms with van der Waals surface area (Å²) >= 11 is 0. The lowest BCUT2D eigenvalue weighted by molar-refractivity contribution is 0.271. The van der Waals surface area contributed by atoms with Gasteiger partial charge in [0.1, 0.15) is 23.1 Å². The van der Waals surface area contributed by atoms with E-state index < -0.39 is 0 Å². The lowest BCUT2D eigenvalue weighted by Gasteiger charge is -2.15. The molecule has 5 heteroatoms. The molecular weight excluding hydrogens is 417 g/mol. The minimum absolute atomic E-state index is 0.234. The first-order valence-electron chi connectivity index (χ1n) is 11.1. The Morgan fingerprint density at radius 1 is 0.848 bits per heavy atom. The Morgan fingerprint density at radius 3 is 2.21 bits per heavy atom. The number of methoxy groups -OCH3 is 2. The molecule has 0 saturated heterocycles. The monoisotopic (exact) mass is 449 g/mol. The number of halogens is 1. The van der Waals surface area contributed by atoms with Gasteiger partial charge in [-0.1, -0.05) is 50.3 Å². The summed E-state index contributed by atoms with van der Waals surface area (Å²) in [4.78, 5) is 0. The lowest BCUT2D eigenvalue weighted by atomic mass is 10.0. The smallest absolute Gasteiger partial charge is 0.127 e. The molecule has 33 heavy (non-hydrogen) atoms. The molecule has 0 atom stereocenters. The molecule has 0 unspecified atom stereocenters. The van der Waals surface area contributed by atoms with Gasteiger partial charge in [0, 0.05) is 24.7 Å². The van der Waals surface area contributed by atoms with Crippen LogP contribution in [0, 0.1) is 11.7 Å². The van der Waals surface area contributed by atoms with Crippen molar-refractivity contribution in [3.8, 4) is 17.2 Å². The second-order valence-electron chi connectivity index (χ2n) is 8.23. The molecule has 0 aliphatic rings. The number of benzene rings is 3. The Bertz CT molecular complexity index is 1040. The third-order valence-corrected chi connectivity index (χ3v) is 5.14. The van der Waals surface area contributed by atoms with Crippen molar-refractivity contribution in [2.45, 2.75) is 26.9 Å². The van der Waals surface area contributed by atoms with Crippen molar-refractivity contribution < 1.29 is 18.6 Å². The first-order valence-corrected chi connectivity index (χ1v) is 11.1. The molecule has 0 amide bonds. The summed E-state index contributed by atoms with van der Waals surface area (Å²) in [6.07, 6.45) is 4.12. The van der Waals surface area contributed by atoms with Crippen LogP contribution in [-0.2, 0) is 13.1 Å². The number of hydrogen-bond donors (Lipinski definition) is 1. The van der Waals surface area contributed by atoms with E-state index in [2.05, 4.69) is 31.3 Å². The fraction of sp³-hybridized carbons (Fsp3) is 0.286. The van der Waals surface area contributed by atoms with Gasteiger partial charge < -0.3 is 19.5 Å². The predicted molar refractivity (Wildman–Crippen MR) is 132 cm³/mol. The van der Waals surface area contributed by atoms with Crippen molar-refractivity contribution in [2.75, 3.05) is 20.8 Å². The maximum absolute atomic E-state index is 13.2. The third kappa shape index (κ3) is 7.36. The van der Waals surface area contributed by atoms with E-state index in [-0.39, 0.29) is 5.82 Å².